The minimum absolute atomic E-state index is 0.0266. The number of nitrogens with zero attached hydrogens (tertiary/aromatic N) is 2. The molecule has 1 aromatic carbocycles. The SMILES string of the molecule is Cc1[nH]ncc1C(=O)N(C)Cc1cccc(Br)c1. The maximum Gasteiger partial charge on any atom is 0.257 e. The Kier molecular flexibility index (Phi) is 3.81. The molecule has 94 valence electrons. The molecule has 0 aliphatic carbocycles. The second-order valence-electron chi connectivity index (χ2n) is 4.20. The molecule has 2 rings (SSSR count). The maximum absolute atomic E-state index is 12.2. The third kappa shape index (κ3) is 2.79. The van der Waals surface area contributed by atoms with Crippen molar-refractivity contribution < 1.29 is 4.79 Å². The van der Waals surface area contributed by atoms with E-state index in [0.29, 0.717) is 12.1 Å². The molecule has 4 nitrogen and oxygen atoms in total. The number of carbonyl (C=O) groups is 1. The van der Waals surface area contributed by atoms with Crippen LogP contribution in [0.5, 0.6) is 0 Å². The van der Waals surface area contributed by atoms with Gasteiger partial charge in [-0.1, -0.05) is 28.1 Å². The summed E-state index contributed by atoms with van der Waals surface area (Å²) in [6, 6.07) is 7.93. The van der Waals surface area contributed by atoms with Crippen LogP contribution in [0.4, 0.5) is 0 Å². The smallest absolute Gasteiger partial charge is 0.257 e. The molecule has 0 aliphatic rings. The number of carbonyl (C=O) groups excluding carboxylic acids is 1. The molecule has 2 aromatic rings. The minimum Gasteiger partial charge on any atom is -0.337 e. The summed E-state index contributed by atoms with van der Waals surface area (Å²) in [6.45, 7) is 2.41. The zero-order valence-corrected chi connectivity index (χ0v) is 11.9. The Morgan fingerprint density at radius 2 is 2.28 bits per heavy atom. The van der Waals surface area contributed by atoms with Crippen molar-refractivity contribution in [3.63, 3.8) is 0 Å². The predicted molar refractivity (Wildman–Crippen MR) is 73.3 cm³/mol. The largest absolute Gasteiger partial charge is 0.337 e. The Hall–Kier alpha value is -1.62. The van der Waals surface area contributed by atoms with Crippen LogP contribution in [0.25, 0.3) is 0 Å². The number of aryl methyl sites for hydroxylation is 1. The van der Waals surface area contributed by atoms with Gasteiger partial charge >= 0.3 is 0 Å². The summed E-state index contributed by atoms with van der Waals surface area (Å²) >= 11 is 3.42. The molecule has 1 heterocycles. The zero-order valence-electron chi connectivity index (χ0n) is 10.3. The van der Waals surface area contributed by atoms with Gasteiger partial charge in [0.25, 0.3) is 5.91 Å². The average Bonchev–Trinajstić information content (AvgIpc) is 2.74. The fourth-order valence-corrected chi connectivity index (χ4v) is 2.20. The van der Waals surface area contributed by atoms with E-state index >= 15 is 0 Å². The lowest BCUT2D eigenvalue weighted by Gasteiger charge is -2.17. The Balaban J connectivity index is 2.11. The molecule has 5 heteroatoms. The highest BCUT2D eigenvalue weighted by atomic mass is 79.9. The Morgan fingerprint density at radius 1 is 1.50 bits per heavy atom. The van der Waals surface area contributed by atoms with E-state index in [1.165, 1.54) is 0 Å². The first-order valence-corrected chi connectivity index (χ1v) is 6.37. The van der Waals surface area contributed by atoms with E-state index in [-0.39, 0.29) is 5.91 Å². The van der Waals surface area contributed by atoms with E-state index in [4.69, 9.17) is 0 Å². The van der Waals surface area contributed by atoms with Crippen LogP contribution < -0.4 is 0 Å². The van der Waals surface area contributed by atoms with Crippen molar-refractivity contribution in [1.29, 1.82) is 0 Å². The molecule has 0 atom stereocenters. The van der Waals surface area contributed by atoms with Crippen molar-refractivity contribution in [2.75, 3.05) is 7.05 Å². The van der Waals surface area contributed by atoms with E-state index < -0.39 is 0 Å². The van der Waals surface area contributed by atoms with Crippen LogP contribution in [0.1, 0.15) is 21.6 Å². The Morgan fingerprint density at radius 3 is 2.89 bits per heavy atom. The number of hydrogen-bond acceptors (Lipinski definition) is 2. The molecule has 18 heavy (non-hydrogen) atoms. The second-order valence-corrected chi connectivity index (χ2v) is 5.12. The van der Waals surface area contributed by atoms with Crippen LogP contribution in [-0.4, -0.2) is 28.1 Å². The topological polar surface area (TPSA) is 49.0 Å². The first-order valence-electron chi connectivity index (χ1n) is 5.58. The van der Waals surface area contributed by atoms with Crippen molar-refractivity contribution in [2.45, 2.75) is 13.5 Å². The number of H-pyrrole nitrogens is 1. The van der Waals surface area contributed by atoms with E-state index in [1.807, 2.05) is 31.2 Å². The van der Waals surface area contributed by atoms with Crippen molar-refractivity contribution in [3.8, 4) is 0 Å². The zero-order chi connectivity index (χ0) is 13.1. The van der Waals surface area contributed by atoms with Crippen LogP contribution in [0, 0.1) is 6.92 Å². The Bertz CT molecular complexity index is 565. The number of hydrogen-bond donors (Lipinski definition) is 1. The second kappa shape index (κ2) is 5.35. The third-order valence-electron chi connectivity index (χ3n) is 2.72. The highest BCUT2D eigenvalue weighted by molar-refractivity contribution is 9.10. The van der Waals surface area contributed by atoms with Gasteiger partial charge in [0.1, 0.15) is 0 Å². The number of aromatic amines is 1. The number of benzene rings is 1. The lowest BCUT2D eigenvalue weighted by molar-refractivity contribution is 0.0784. The fraction of sp³-hybridized carbons (Fsp3) is 0.231. The summed E-state index contributed by atoms with van der Waals surface area (Å²) in [5.74, 6) is -0.0266. The van der Waals surface area contributed by atoms with E-state index in [1.54, 1.807) is 18.1 Å². The standard InChI is InChI=1S/C13H14BrN3O/c1-9-12(7-15-16-9)13(18)17(2)8-10-4-3-5-11(14)6-10/h3-7H,8H2,1-2H3,(H,15,16). The summed E-state index contributed by atoms with van der Waals surface area (Å²) in [6.07, 6.45) is 1.56. The molecular weight excluding hydrogens is 294 g/mol. The lowest BCUT2D eigenvalue weighted by atomic mass is 10.2. The van der Waals surface area contributed by atoms with Crippen LogP contribution in [-0.2, 0) is 6.54 Å². The maximum atomic E-state index is 12.2. The van der Waals surface area contributed by atoms with Crippen molar-refractivity contribution in [2.24, 2.45) is 0 Å². The quantitative estimate of drug-likeness (QED) is 0.948. The molecule has 1 aromatic heterocycles. The number of aromatic nitrogens is 2. The van der Waals surface area contributed by atoms with Gasteiger partial charge in [0, 0.05) is 23.8 Å². The van der Waals surface area contributed by atoms with Gasteiger partial charge in [0.05, 0.1) is 11.8 Å². The van der Waals surface area contributed by atoms with Gasteiger partial charge < -0.3 is 4.90 Å². The molecule has 0 saturated heterocycles. The van der Waals surface area contributed by atoms with Gasteiger partial charge in [0.2, 0.25) is 0 Å². The van der Waals surface area contributed by atoms with Crippen LogP contribution in [0.15, 0.2) is 34.9 Å². The van der Waals surface area contributed by atoms with Gasteiger partial charge in [-0.2, -0.15) is 5.10 Å². The predicted octanol–water partition coefficient (Wildman–Crippen LogP) is 2.75. The summed E-state index contributed by atoms with van der Waals surface area (Å²) in [4.78, 5) is 13.9. The number of rotatable bonds is 3. The summed E-state index contributed by atoms with van der Waals surface area (Å²) < 4.78 is 1.01. The molecule has 0 saturated carbocycles. The molecule has 0 radical (unpaired) electrons. The first kappa shape index (κ1) is 12.8. The number of nitrogens with one attached hydrogen (secondary N) is 1. The molecule has 1 amide bonds. The lowest BCUT2D eigenvalue weighted by Crippen LogP contribution is -2.26. The van der Waals surface area contributed by atoms with E-state index in [9.17, 15) is 4.79 Å². The normalized spacial score (nSPS) is 10.4. The molecule has 0 aliphatic heterocycles. The molecule has 1 N–H and O–H groups in total. The summed E-state index contributed by atoms with van der Waals surface area (Å²) in [5, 5.41) is 6.64. The van der Waals surface area contributed by atoms with Crippen molar-refractivity contribution in [1.82, 2.24) is 15.1 Å². The van der Waals surface area contributed by atoms with E-state index in [2.05, 4.69) is 26.1 Å². The highest BCUT2D eigenvalue weighted by Crippen LogP contribution is 2.14. The first-order chi connectivity index (χ1) is 8.58. The molecule has 0 spiro atoms. The highest BCUT2D eigenvalue weighted by Gasteiger charge is 2.15. The molecule has 0 bridgehead atoms. The van der Waals surface area contributed by atoms with Crippen LogP contribution >= 0.6 is 15.9 Å². The monoisotopic (exact) mass is 307 g/mol. The average molecular weight is 308 g/mol. The fourth-order valence-electron chi connectivity index (χ4n) is 1.75. The number of amides is 1. The third-order valence-corrected chi connectivity index (χ3v) is 3.21. The molecule has 0 fully saturated rings. The summed E-state index contributed by atoms with van der Waals surface area (Å²) in [5.41, 5.74) is 2.50. The van der Waals surface area contributed by atoms with Gasteiger partial charge in [-0.25, -0.2) is 0 Å². The van der Waals surface area contributed by atoms with E-state index in [0.717, 1.165) is 15.7 Å². The van der Waals surface area contributed by atoms with Gasteiger partial charge in [-0.05, 0) is 24.6 Å². The minimum atomic E-state index is -0.0266. The molecular formula is C13H14BrN3O. The van der Waals surface area contributed by atoms with Crippen LogP contribution in [0.3, 0.4) is 0 Å². The van der Waals surface area contributed by atoms with Gasteiger partial charge in [0.15, 0.2) is 0 Å². The van der Waals surface area contributed by atoms with Crippen molar-refractivity contribution >= 4 is 21.8 Å². The summed E-state index contributed by atoms with van der Waals surface area (Å²) in [7, 11) is 1.79. The van der Waals surface area contributed by atoms with Gasteiger partial charge in [-0.3, -0.25) is 9.89 Å². The van der Waals surface area contributed by atoms with Crippen molar-refractivity contribution in [3.05, 3.63) is 51.8 Å². The Labute approximate surface area is 114 Å². The number of halogens is 1. The van der Waals surface area contributed by atoms with Crippen LogP contribution in [0.2, 0.25) is 0 Å². The molecule has 0 unspecified atom stereocenters. The van der Waals surface area contributed by atoms with Gasteiger partial charge in [-0.15, -0.1) is 0 Å².